The lowest BCUT2D eigenvalue weighted by atomic mass is 10.0. The van der Waals surface area contributed by atoms with Gasteiger partial charge in [0, 0.05) is 13.0 Å². The molecule has 0 aliphatic rings. The van der Waals surface area contributed by atoms with Gasteiger partial charge in [0.05, 0.1) is 0 Å². The van der Waals surface area contributed by atoms with Gasteiger partial charge in [-0.25, -0.2) is 4.57 Å². The average molecular weight is 499 g/mol. The lowest BCUT2D eigenvalue weighted by Crippen LogP contribution is -2.41. The Hall–Kier alpha value is -0.580. The molecule has 0 spiro atoms. The first kappa shape index (κ1) is 32.4. The first-order valence-corrected chi connectivity index (χ1v) is 14.0. The van der Waals surface area contributed by atoms with Gasteiger partial charge >= 0.3 is 13.8 Å². The predicted octanol–water partition coefficient (Wildman–Crippen LogP) is 4.28. The van der Waals surface area contributed by atoms with Crippen LogP contribution in [0.3, 0.4) is 0 Å². The number of phosphoric ester groups is 1. The second kappa shape index (κ2) is 19.7. The quantitative estimate of drug-likeness (QED) is 0.0602. The molecule has 0 bridgehead atoms. The molecule has 0 heterocycles. The number of carbonyl (C=O) groups is 1. The standard InChI is InChI=1S/C22H47N2O8P/c1-3-5-6-7-8-9-10-11-12-13-14-15-16-17-18-19-21(25)23-24(4-2)32-33(29,30)31-20-22(26,27)28/h26-28H,3-20H2,1-2H3,(H,23,25)(H,29,30). The highest BCUT2D eigenvalue weighted by atomic mass is 31.2. The van der Waals surface area contributed by atoms with Gasteiger partial charge in [-0.1, -0.05) is 102 Å². The van der Waals surface area contributed by atoms with Crippen molar-refractivity contribution in [3.63, 3.8) is 0 Å². The van der Waals surface area contributed by atoms with Gasteiger partial charge in [0.25, 0.3) is 0 Å². The van der Waals surface area contributed by atoms with E-state index in [9.17, 15) is 14.3 Å². The number of amides is 1. The minimum Gasteiger partial charge on any atom is -0.342 e. The number of carbonyl (C=O) groups excluding carboxylic acids is 1. The number of aliphatic hydroxyl groups is 3. The molecule has 1 unspecified atom stereocenters. The molecule has 0 radical (unpaired) electrons. The van der Waals surface area contributed by atoms with Gasteiger partial charge < -0.3 is 20.2 Å². The SMILES string of the molecule is CCCCCCCCCCCCCCCCCC(=O)NN(CC)OP(=O)(O)OCC(O)(O)O. The van der Waals surface area contributed by atoms with Crippen LogP contribution in [-0.2, 0) is 18.5 Å². The Balaban J connectivity index is 3.68. The Bertz CT molecular complexity index is 531. The Kier molecular flexibility index (Phi) is 19.4. The average Bonchev–Trinajstić information content (AvgIpc) is 2.74. The third kappa shape index (κ3) is 23.0. The van der Waals surface area contributed by atoms with Crippen LogP contribution in [0.1, 0.15) is 117 Å². The topological polar surface area (TPSA) is 149 Å². The molecule has 0 saturated carbocycles. The van der Waals surface area contributed by atoms with E-state index in [1.54, 1.807) is 6.92 Å². The van der Waals surface area contributed by atoms with Crippen molar-refractivity contribution < 1.29 is 38.7 Å². The number of nitrogens with one attached hydrogen (secondary N) is 1. The van der Waals surface area contributed by atoms with Crippen LogP contribution in [0.25, 0.3) is 0 Å². The Morgan fingerprint density at radius 3 is 1.64 bits per heavy atom. The van der Waals surface area contributed by atoms with E-state index in [-0.39, 0.29) is 18.9 Å². The van der Waals surface area contributed by atoms with Crippen LogP contribution < -0.4 is 5.43 Å². The maximum Gasteiger partial charge on any atom is 0.490 e. The summed E-state index contributed by atoms with van der Waals surface area (Å²) in [6, 6.07) is 0. The molecule has 0 fully saturated rings. The number of phosphoric acid groups is 1. The van der Waals surface area contributed by atoms with Crippen LogP contribution in [0.5, 0.6) is 0 Å². The van der Waals surface area contributed by atoms with Gasteiger partial charge in [-0.05, 0) is 13.3 Å². The number of hydrogen-bond acceptors (Lipinski definition) is 8. The molecular formula is C22H47N2O8P. The van der Waals surface area contributed by atoms with E-state index < -0.39 is 20.4 Å². The van der Waals surface area contributed by atoms with Crippen molar-refractivity contribution in [2.75, 3.05) is 13.2 Å². The molecule has 0 aliphatic carbocycles. The smallest absolute Gasteiger partial charge is 0.342 e. The first-order valence-electron chi connectivity index (χ1n) is 12.5. The molecule has 1 amide bonds. The van der Waals surface area contributed by atoms with Crippen molar-refractivity contribution in [2.24, 2.45) is 0 Å². The van der Waals surface area contributed by atoms with Gasteiger partial charge in [0.1, 0.15) is 6.61 Å². The van der Waals surface area contributed by atoms with Crippen LogP contribution in [0, 0.1) is 0 Å². The summed E-state index contributed by atoms with van der Waals surface area (Å²) in [4.78, 5) is 21.5. The zero-order valence-corrected chi connectivity index (χ0v) is 21.4. The monoisotopic (exact) mass is 498 g/mol. The van der Waals surface area contributed by atoms with Crippen LogP contribution >= 0.6 is 7.82 Å². The first-order chi connectivity index (χ1) is 15.6. The van der Waals surface area contributed by atoms with Gasteiger partial charge in [-0.15, -0.1) is 0 Å². The summed E-state index contributed by atoms with van der Waals surface area (Å²) < 4.78 is 20.6. The largest absolute Gasteiger partial charge is 0.490 e. The number of nitrogens with zero attached hydrogens (tertiary/aromatic N) is 1. The van der Waals surface area contributed by atoms with Crippen LogP contribution in [0.15, 0.2) is 0 Å². The molecule has 0 aromatic rings. The highest BCUT2D eigenvalue weighted by Gasteiger charge is 2.31. The van der Waals surface area contributed by atoms with Crippen molar-refractivity contribution in [1.82, 2.24) is 10.6 Å². The van der Waals surface area contributed by atoms with E-state index in [1.165, 1.54) is 70.6 Å². The molecule has 10 nitrogen and oxygen atoms in total. The van der Waals surface area contributed by atoms with Crippen molar-refractivity contribution in [2.45, 2.75) is 123 Å². The fraction of sp³-hybridized carbons (Fsp3) is 0.955. The molecule has 1 atom stereocenters. The van der Waals surface area contributed by atoms with E-state index in [0.29, 0.717) is 6.42 Å². The summed E-state index contributed by atoms with van der Waals surface area (Å²) >= 11 is 0. The van der Waals surface area contributed by atoms with Crippen molar-refractivity contribution in [3.05, 3.63) is 0 Å². The number of hydrogen-bond donors (Lipinski definition) is 5. The van der Waals surface area contributed by atoms with Gasteiger partial charge in [-0.3, -0.25) is 14.7 Å². The molecular weight excluding hydrogens is 451 g/mol. The predicted molar refractivity (Wildman–Crippen MR) is 126 cm³/mol. The minimum atomic E-state index is -4.75. The minimum absolute atomic E-state index is 0.0427. The second-order valence-corrected chi connectivity index (χ2v) is 9.89. The maximum absolute atomic E-state index is 12.0. The van der Waals surface area contributed by atoms with Crippen molar-refractivity contribution >= 4 is 13.7 Å². The highest BCUT2D eigenvalue weighted by molar-refractivity contribution is 7.47. The Labute approximate surface area is 199 Å². The van der Waals surface area contributed by atoms with E-state index in [2.05, 4.69) is 21.5 Å². The van der Waals surface area contributed by atoms with E-state index in [1.807, 2.05) is 0 Å². The lowest BCUT2D eigenvalue weighted by Gasteiger charge is -2.23. The molecule has 0 rings (SSSR count). The summed E-state index contributed by atoms with van der Waals surface area (Å²) in [6.07, 6.45) is 18.8. The zero-order valence-electron chi connectivity index (χ0n) is 20.5. The Morgan fingerprint density at radius 2 is 1.24 bits per heavy atom. The fourth-order valence-electron chi connectivity index (χ4n) is 3.33. The molecule has 5 N–H and O–H groups in total. The van der Waals surface area contributed by atoms with Crippen LogP contribution in [0.2, 0.25) is 0 Å². The van der Waals surface area contributed by atoms with Crippen LogP contribution in [-0.4, -0.2) is 50.4 Å². The highest BCUT2D eigenvalue weighted by Crippen LogP contribution is 2.44. The molecule has 198 valence electrons. The molecule has 0 aromatic heterocycles. The number of unbranched alkanes of at least 4 members (excludes halogenated alkanes) is 14. The zero-order chi connectivity index (χ0) is 25.0. The number of hydrazine groups is 1. The molecule has 0 saturated heterocycles. The molecule has 33 heavy (non-hydrogen) atoms. The summed E-state index contributed by atoms with van der Waals surface area (Å²) in [5.74, 6) is -3.64. The Morgan fingerprint density at radius 1 is 0.818 bits per heavy atom. The molecule has 0 aromatic carbocycles. The van der Waals surface area contributed by atoms with E-state index in [0.717, 1.165) is 24.4 Å². The second-order valence-electron chi connectivity index (χ2n) is 8.53. The van der Waals surface area contributed by atoms with Gasteiger partial charge in [0.2, 0.25) is 5.91 Å². The summed E-state index contributed by atoms with van der Waals surface area (Å²) in [5, 5.41) is 26.8. The number of rotatable bonds is 23. The third-order valence-electron chi connectivity index (χ3n) is 5.17. The fourth-order valence-corrected chi connectivity index (χ4v) is 4.11. The van der Waals surface area contributed by atoms with Crippen LogP contribution in [0.4, 0.5) is 0 Å². The van der Waals surface area contributed by atoms with E-state index in [4.69, 9.17) is 15.3 Å². The summed E-state index contributed by atoms with van der Waals surface area (Å²) in [7, 11) is -4.75. The normalized spacial score (nSPS) is 13.9. The summed E-state index contributed by atoms with van der Waals surface area (Å²) in [6.45, 7) is 2.60. The van der Waals surface area contributed by atoms with Gasteiger partial charge in [0.15, 0.2) is 0 Å². The summed E-state index contributed by atoms with van der Waals surface area (Å²) in [5.41, 5.74) is 2.34. The third-order valence-corrected chi connectivity index (χ3v) is 6.03. The van der Waals surface area contributed by atoms with Crippen molar-refractivity contribution in [3.8, 4) is 0 Å². The molecule has 11 heteroatoms. The number of hydroxylamine groups is 1. The van der Waals surface area contributed by atoms with Crippen molar-refractivity contribution in [1.29, 1.82) is 0 Å². The molecule has 0 aliphatic heterocycles. The van der Waals surface area contributed by atoms with E-state index >= 15 is 0 Å². The lowest BCUT2D eigenvalue weighted by molar-refractivity contribution is -0.325. The maximum atomic E-state index is 12.0. The van der Waals surface area contributed by atoms with Gasteiger partial charge in [-0.2, -0.15) is 4.62 Å².